The highest BCUT2D eigenvalue weighted by Crippen LogP contribution is 2.51. The van der Waals surface area contributed by atoms with Crippen molar-refractivity contribution in [1.82, 2.24) is 5.01 Å². The van der Waals surface area contributed by atoms with Crippen molar-refractivity contribution in [3.05, 3.63) is 86.9 Å². The molecule has 0 spiro atoms. The number of rotatable bonds is 4. The highest BCUT2D eigenvalue weighted by Gasteiger charge is 2.42. The second kappa shape index (κ2) is 8.96. The second-order valence-corrected chi connectivity index (χ2v) is 10.7. The maximum Gasteiger partial charge on any atom is 0.213 e. The normalized spacial score (nSPS) is 18.9. The summed E-state index contributed by atoms with van der Waals surface area (Å²) in [5, 5.41) is 8.14. The van der Waals surface area contributed by atoms with E-state index in [9.17, 15) is 0 Å². The highest BCUT2D eigenvalue weighted by atomic mass is 35.5. The Bertz CT molecular complexity index is 1300. The van der Waals surface area contributed by atoms with Gasteiger partial charge in [0.15, 0.2) is 11.5 Å². The van der Waals surface area contributed by atoms with Gasteiger partial charge in [0, 0.05) is 28.1 Å². The fraction of sp³-hybridized carbons (Fsp3) is 0.321. The molecule has 182 valence electrons. The van der Waals surface area contributed by atoms with Gasteiger partial charge in [-0.15, -0.1) is 0 Å². The number of halogens is 2. The molecule has 0 radical (unpaired) electrons. The Morgan fingerprint density at radius 1 is 0.943 bits per heavy atom. The van der Waals surface area contributed by atoms with Gasteiger partial charge in [-0.05, 0) is 41.3 Å². The first-order valence-corrected chi connectivity index (χ1v) is 12.3. The Morgan fingerprint density at radius 2 is 1.66 bits per heavy atom. The summed E-state index contributed by atoms with van der Waals surface area (Å²) < 4.78 is 17.4. The highest BCUT2D eigenvalue weighted by molar-refractivity contribution is 6.35. The van der Waals surface area contributed by atoms with Crippen LogP contribution in [-0.4, -0.2) is 24.9 Å². The first kappa shape index (κ1) is 23.8. The van der Waals surface area contributed by atoms with Crippen molar-refractivity contribution in [3.8, 4) is 17.2 Å². The van der Waals surface area contributed by atoms with E-state index >= 15 is 0 Å². The molecule has 2 atom stereocenters. The molecule has 0 saturated carbocycles. The number of nitrogens with zero attached hydrogens (tertiary/aromatic N) is 2. The third-order valence-corrected chi connectivity index (χ3v) is 7.09. The van der Waals surface area contributed by atoms with E-state index in [0.29, 0.717) is 33.7 Å². The molecule has 0 unspecified atom stereocenters. The van der Waals surface area contributed by atoms with Gasteiger partial charge < -0.3 is 14.2 Å². The third kappa shape index (κ3) is 4.32. The van der Waals surface area contributed by atoms with E-state index in [4.69, 9.17) is 42.5 Å². The van der Waals surface area contributed by atoms with Crippen LogP contribution in [0.2, 0.25) is 10.0 Å². The standard InChI is InChI=1S/C28H28Cl2N2O3/c1-28(2,3)18-9-6-16(7-10-18)27-32-23(20-13-19(29)14-21(30)26(20)35-27)15-22(31-32)17-8-11-24(33-4)25(12-17)34-5/h6-14,23,27H,15H2,1-5H3/t23-,27+/m1/s1. The third-order valence-electron chi connectivity index (χ3n) is 6.59. The van der Waals surface area contributed by atoms with Gasteiger partial charge >= 0.3 is 0 Å². The first-order valence-electron chi connectivity index (χ1n) is 11.5. The van der Waals surface area contributed by atoms with Crippen LogP contribution >= 0.6 is 23.2 Å². The molecule has 7 heteroatoms. The fourth-order valence-corrected chi connectivity index (χ4v) is 5.23. The van der Waals surface area contributed by atoms with Crippen LogP contribution in [-0.2, 0) is 5.41 Å². The van der Waals surface area contributed by atoms with Crippen LogP contribution in [0, 0.1) is 0 Å². The topological polar surface area (TPSA) is 43.3 Å². The zero-order valence-corrected chi connectivity index (χ0v) is 21.9. The van der Waals surface area contributed by atoms with Gasteiger partial charge in [0.05, 0.1) is 31.0 Å². The number of fused-ring (bicyclic) bond motifs is 3. The average molecular weight is 511 g/mol. The number of methoxy groups -OCH3 is 2. The van der Waals surface area contributed by atoms with Crippen LogP contribution in [0.3, 0.4) is 0 Å². The van der Waals surface area contributed by atoms with Crippen molar-refractivity contribution in [1.29, 1.82) is 0 Å². The smallest absolute Gasteiger partial charge is 0.213 e. The Balaban J connectivity index is 1.59. The lowest BCUT2D eigenvalue weighted by Crippen LogP contribution is -2.34. The molecule has 5 rings (SSSR count). The number of ether oxygens (including phenoxy) is 3. The van der Waals surface area contributed by atoms with E-state index in [1.165, 1.54) is 5.56 Å². The number of hydrazone groups is 1. The lowest BCUT2D eigenvalue weighted by Gasteiger charge is -2.38. The zero-order chi connectivity index (χ0) is 24.9. The summed E-state index contributed by atoms with van der Waals surface area (Å²) in [5.41, 5.74) is 5.16. The van der Waals surface area contributed by atoms with Gasteiger partial charge in [-0.25, -0.2) is 5.01 Å². The van der Waals surface area contributed by atoms with Crippen LogP contribution in [0.15, 0.2) is 59.7 Å². The van der Waals surface area contributed by atoms with E-state index in [2.05, 4.69) is 45.0 Å². The summed E-state index contributed by atoms with van der Waals surface area (Å²) in [6.07, 6.45) is 0.261. The SMILES string of the molecule is COc1ccc(C2=NN3[C@H](C2)c2cc(Cl)cc(Cl)c2O[C@H]3c2ccc(C(C)(C)C)cc2)cc1OC. The fourth-order valence-electron chi connectivity index (χ4n) is 4.67. The van der Waals surface area contributed by atoms with Crippen molar-refractivity contribution >= 4 is 28.9 Å². The Morgan fingerprint density at radius 3 is 2.31 bits per heavy atom. The predicted octanol–water partition coefficient (Wildman–Crippen LogP) is 7.55. The second-order valence-electron chi connectivity index (χ2n) is 9.86. The summed E-state index contributed by atoms with van der Waals surface area (Å²) >= 11 is 13.0. The minimum atomic E-state index is -0.419. The molecule has 0 saturated heterocycles. The minimum absolute atomic E-state index is 0.0630. The molecule has 0 aliphatic carbocycles. The van der Waals surface area contributed by atoms with Crippen molar-refractivity contribution in [2.75, 3.05) is 14.2 Å². The van der Waals surface area contributed by atoms with Crippen molar-refractivity contribution in [2.24, 2.45) is 5.10 Å². The summed E-state index contributed by atoms with van der Waals surface area (Å²) in [4.78, 5) is 0. The van der Waals surface area contributed by atoms with E-state index in [0.717, 1.165) is 22.4 Å². The van der Waals surface area contributed by atoms with E-state index < -0.39 is 6.23 Å². The maximum absolute atomic E-state index is 6.61. The summed E-state index contributed by atoms with van der Waals surface area (Å²) in [7, 11) is 3.26. The van der Waals surface area contributed by atoms with Gasteiger partial charge in [0.1, 0.15) is 5.75 Å². The first-order chi connectivity index (χ1) is 16.7. The van der Waals surface area contributed by atoms with Crippen molar-refractivity contribution in [2.45, 2.75) is 44.9 Å². The van der Waals surface area contributed by atoms with Crippen molar-refractivity contribution < 1.29 is 14.2 Å². The van der Waals surface area contributed by atoms with Crippen LogP contribution < -0.4 is 14.2 Å². The van der Waals surface area contributed by atoms with E-state index in [1.807, 2.05) is 29.3 Å². The molecule has 2 heterocycles. The maximum atomic E-state index is 6.61. The van der Waals surface area contributed by atoms with Crippen LogP contribution in [0.5, 0.6) is 17.2 Å². The number of benzene rings is 3. The lowest BCUT2D eigenvalue weighted by atomic mass is 9.86. The quantitative estimate of drug-likeness (QED) is 0.363. The van der Waals surface area contributed by atoms with E-state index in [1.54, 1.807) is 20.3 Å². The Kier molecular flexibility index (Phi) is 6.10. The van der Waals surface area contributed by atoms with Gasteiger partial charge in [-0.2, -0.15) is 5.10 Å². The largest absolute Gasteiger partial charge is 0.493 e. The zero-order valence-electron chi connectivity index (χ0n) is 20.4. The van der Waals surface area contributed by atoms with Crippen LogP contribution in [0.1, 0.15) is 61.7 Å². The molecule has 35 heavy (non-hydrogen) atoms. The van der Waals surface area contributed by atoms with Crippen molar-refractivity contribution in [3.63, 3.8) is 0 Å². The molecule has 3 aromatic carbocycles. The predicted molar refractivity (Wildman–Crippen MR) is 140 cm³/mol. The molecule has 0 fully saturated rings. The summed E-state index contributed by atoms with van der Waals surface area (Å²) in [6.45, 7) is 6.61. The molecule has 5 nitrogen and oxygen atoms in total. The lowest BCUT2D eigenvalue weighted by molar-refractivity contribution is -0.0189. The molecule has 0 amide bonds. The summed E-state index contributed by atoms with van der Waals surface area (Å²) in [6, 6.07) is 18.0. The van der Waals surface area contributed by atoms with Gasteiger partial charge in [-0.1, -0.05) is 68.2 Å². The molecule has 0 aromatic heterocycles. The number of hydrogen-bond acceptors (Lipinski definition) is 5. The molecule has 2 aliphatic rings. The van der Waals surface area contributed by atoms with Gasteiger partial charge in [0.25, 0.3) is 0 Å². The average Bonchev–Trinajstić information content (AvgIpc) is 3.28. The number of hydrogen-bond donors (Lipinski definition) is 0. The molecule has 0 N–H and O–H groups in total. The van der Waals surface area contributed by atoms with Gasteiger partial charge in [0.2, 0.25) is 6.23 Å². The molecule has 3 aromatic rings. The Labute approximate surface area is 216 Å². The van der Waals surface area contributed by atoms with Gasteiger partial charge in [-0.3, -0.25) is 0 Å². The summed E-state index contributed by atoms with van der Waals surface area (Å²) in [5.74, 6) is 2.00. The molecular formula is C28H28Cl2N2O3. The Hall–Kier alpha value is -2.89. The van der Waals surface area contributed by atoms with Crippen LogP contribution in [0.25, 0.3) is 0 Å². The molecule has 2 aliphatic heterocycles. The monoisotopic (exact) mass is 510 g/mol. The van der Waals surface area contributed by atoms with Crippen LogP contribution in [0.4, 0.5) is 0 Å². The van der Waals surface area contributed by atoms with E-state index in [-0.39, 0.29) is 11.5 Å². The molecular weight excluding hydrogens is 483 g/mol. The molecule has 0 bridgehead atoms. The minimum Gasteiger partial charge on any atom is -0.493 e.